The van der Waals surface area contributed by atoms with Crippen LogP contribution in [0.2, 0.25) is 0 Å². The summed E-state index contributed by atoms with van der Waals surface area (Å²) in [6.07, 6.45) is 0.124. The lowest BCUT2D eigenvalue weighted by molar-refractivity contribution is -0.118. The van der Waals surface area contributed by atoms with Crippen LogP contribution in [0.1, 0.15) is 17.8 Å². The second-order valence-electron chi connectivity index (χ2n) is 4.96. The molecule has 1 aliphatic rings. The number of primary amides is 1. The van der Waals surface area contributed by atoms with E-state index in [9.17, 15) is 13.2 Å². The number of rotatable bonds is 5. The third kappa shape index (κ3) is 3.25. The topological polar surface area (TPSA) is 108 Å². The van der Waals surface area contributed by atoms with Gasteiger partial charge >= 0.3 is 0 Å². The van der Waals surface area contributed by atoms with E-state index >= 15 is 0 Å². The molecule has 0 bridgehead atoms. The summed E-state index contributed by atoms with van der Waals surface area (Å²) >= 11 is 0. The van der Waals surface area contributed by atoms with Gasteiger partial charge in [0.25, 0.3) is 0 Å². The highest BCUT2D eigenvalue weighted by Gasteiger charge is 2.31. The van der Waals surface area contributed by atoms with Crippen LogP contribution in [0.15, 0.2) is 4.90 Å². The molecule has 0 saturated carbocycles. The molecule has 0 aliphatic carbocycles. The van der Waals surface area contributed by atoms with E-state index in [4.69, 9.17) is 10.5 Å². The number of hydrogen-bond acceptors (Lipinski definition) is 5. The van der Waals surface area contributed by atoms with Crippen molar-refractivity contribution in [2.45, 2.75) is 31.7 Å². The summed E-state index contributed by atoms with van der Waals surface area (Å²) in [4.78, 5) is 11.1. The molecule has 1 aliphatic heterocycles. The molecular weight excluding hydrogens is 296 g/mol. The Morgan fingerprint density at radius 3 is 2.52 bits per heavy atom. The number of ether oxygens (including phenoxy) is 1. The van der Waals surface area contributed by atoms with E-state index < -0.39 is 15.9 Å². The van der Waals surface area contributed by atoms with Crippen LogP contribution < -0.4 is 5.73 Å². The first kappa shape index (κ1) is 15.9. The molecule has 0 spiro atoms. The molecule has 2 heterocycles. The number of nitrogens with two attached hydrogens (primary N) is 1. The van der Waals surface area contributed by atoms with Crippen molar-refractivity contribution in [1.29, 1.82) is 0 Å². The standard InChI is InChI=1S/C12H20N4O4S/c1-9-12(10(2)16(14-9)4-3-11(13)17)21(18,19)15-5-7-20-8-6-15/h3-8H2,1-2H3,(H2,13,17). The molecule has 1 amide bonds. The number of aromatic nitrogens is 2. The summed E-state index contributed by atoms with van der Waals surface area (Å²) in [6, 6.07) is 0. The van der Waals surface area contributed by atoms with Crippen molar-refractivity contribution < 1.29 is 17.9 Å². The molecule has 9 heteroatoms. The number of nitrogens with zero attached hydrogens (tertiary/aromatic N) is 3. The van der Waals surface area contributed by atoms with Crippen LogP contribution in [0, 0.1) is 13.8 Å². The molecule has 0 unspecified atom stereocenters. The summed E-state index contributed by atoms with van der Waals surface area (Å²) in [5.74, 6) is -0.444. The average Bonchev–Trinajstić information content (AvgIpc) is 2.72. The van der Waals surface area contributed by atoms with Crippen molar-refractivity contribution in [2.75, 3.05) is 26.3 Å². The molecule has 2 rings (SSSR count). The van der Waals surface area contributed by atoms with E-state index in [1.54, 1.807) is 13.8 Å². The van der Waals surface area contributed by atoms with Gasteiger partial charge in [-0.25, -0.2) is 8.42 Å². The maximum absolute atomic E-state index is 12.7. The Kier molecular flexibility index (Phi) is 4.64. The number of sulfonamides is 1. The molecule has 1 saturated heterocycles. The number of carbonyl (C=O) groups is 1. The summed E-state index contributed by atoms with van der Waals surface area (Å²) in [5, 5.41) is 4.22. The lowest BCUT2D eigenvalue weighted by atomic mass is 10.4. The lowest BCUT2D eigenvalue weighted by Gasteiger charge is -2.26. The fourth-order valence-corrected chi connectivity index (χ4v) is 4.18. The van der Waals surface area contributed by atoms with Crippen LogP contribution >= 0.6 is 0 Å². The van der Waals surface area contributed by atoms with Crippen molar-refractivity contribution in [3.8, 4) is 0 Å². The van der Waals surface area contributed by atoms with Crippen LogP contribution in [-0.2, 0) is 26.1 Å². The molecule has 118 valence electrons. The molecular formula is C12H20N4O4S. The van der Waals surface area contributed by atoms with Crippen molar-refractivity contribution in [1.82, 2.24) is 14.1 Å². The van der Waals surface area contributed by atoms with Crippen molar-refractivity contribution in [3.05, 3.63) is 11.4 Å². The van der Waals surface area contributed by atoms with E-state index in [1.165, 1.54) is 8.99 Å². The maximum atomic E-state index is 12.7. The van der Waals surface area contributed by atoms with E-state index in [1.807, 2.05) is 0 Å². The average molecular weight is 316 g/mol. The van der Waals surface area contributed by atoms with Gasteiger partial charge in [0.15, 0.2) is 0 Å². The van der Waals surface area contributed by atoms with Gasteiger partial charge in [0.05, 0.1) is 24.6 Å². The van der Waals surface area contributed by atoms with Crippen molar-refractivity contribution in [3.63, 3.8) is 0 Å². The zero-order chi connectivity index (χ0) is 15.6. The van der Waals surface area contributed by atoms with Crippen LogP contribution in [-0.4, -0.2) is 54.7 Å². The predicted molar refractivity (Wildman–Crippen MR) is 75.1 cm³/mol. The molecule has 2 N–H and O–H groups in total. The Morgan fingerprint density at radius 2 is 1.95 bits per heavy atom. The van der Waals surface area contributed by atoms with Gasteiger partial charge in [-0.1, -0.05) is 0 Å². The molecule has 1 aromatic heterocycles. The number of morpholine rings is 1. The number of carbonyl (C=O) groups excluding carboxylic acids is 1. The van der Waals surface area contributed by atoms with Gasteiger partial charge in [0.2, 0.25) is 15.9 Å². The summed E-state index contributed by atoms with van der Waals surface area (Å²) < 4.78 is 33.5. The minimum Gasteiger partial charge on any atom is -0.379 e. The minimum atomic E-state index is -3.59. The number of amides is 1. The molecule has 1 aromatic rings. The fraction of sp³-hybridized carbons (Fsp3) is 0.667. The van der Waals surface area contributed by atoms with Gasteiger partial charge in [0.1, 0.15) is 4.90 Å². The zero-order valence-corrected chi connectivity index (χ0v) is 13.0. The first-order valence-electron chi connectivity index (χ1n) is 6.74. The highest BCUT2D eigenvalue weighted by Crippen LogP contribution is 2.24. The van der Waals surface area contributed by atoms with Crippen molar-refractivity contribution in [2.24, 2.45) is 5.73 Å². The fourth-order valence-electron chi connectivity index (χ4n) is 2.40. The molecule has 21 heavy (non-hydrogen) atoms. The summed E-state index contributed by atoms with van der Waals surface area (Å²) in [6.45, 7) is 5.09. The van der Waals surface area contributed by atoms with Gasteiger partial charge < -0.3 is 10.5 Å². The van der Waals surface area contributed by atoms with Crippen molar-refractivity contribution >= 4 is 15.9 Å². The van der Waals surface area contributed by atoms with Gasteiger partial charge in [-0.15, -0.1) is 0 Å². The van der Waals surface area contributed by atoms with Gasteiger partial charge in [-0.05, 0) is 13.8 Å². The van der Waals surface area contributed by atoms with Crippen LogP contribution in [0.5, 0.6) is 0 Å². The largest absolute Gasteiger partial charge is 0.379 e. The monoisotopic (exact) mass is 316 g/mol. The Morgan fingerprint density at radius 1 is 1.33 bits per heavy atom. The second kappa shape index (κ2) is 6.12. The van der Waals surface area contributed by atoms with E-state index in [0.717, 1.165) is 0 Å². The quantitative estimate of drug-likeness (QED) is 0.780. The summed E-state index contributed by atoms with van der Waals surface area (Å²) in [7, 11) is -3.59. The maximum Gasteiger partial charge on any atom is 0.246 e. The van der Waals surface area contributed by atoms with Gasteiger partial charge in [-0.2, -0.15) is 9.40 Å². The lowest BCUT2D eigenvalue weighted by Crippen LogP contribution is -2.41. The highest BCUT2D eigenvalue weighted by atomic mass is 32.2. The first-order chi connectivity index (χ1) is 9.84. The SMILES string of the molecule is Cc1nn(CCC(N)=O)c(C)c1S(=O)(=O)N1CCOCC1. The molecule has 0 atom stereocenters. The molecule has 0 aromatic carbocycles. The van der Waals surface area contributed by atoms with Crippen LogP contribution in [0.3, 0.4) is 0 Å². The van der Waals surface area contributed by atoms with Gasteiger partial charge in [-0.3, -0.25) is 9.48 Å². The van der Waals surface area contributed by atoms with Gasteiger partial charge in [0, 0.05) is 26.1 Å². The summed E-state index contributed by atoms with van der Waals surface area (Å²) in [5.41, 5.74) is 6.08. The van der Waals surface area contributed by atoms with Crippen LogP contribution in [0.4, 0.5) is 0 Å². The number of hydrogen-bond donors (Lipinski definition) is 1. The zero-order valence-electron chi connectivity index (χ0n) is 12.2. The Balaban J connectivity index is 2.32. The predicted octanol–water partition coefficient (Wildman–Crippen LogP) is -0.604. The Hall–Kier alpha value is -1.45. The molecule has 1 fully saturated rings. The third-order valence-corrected chi connectivity index (χ3v) is 5.60. The second-order valence-corrected chi connectivity index (χ2v) is 6.83. The Labute approximate surface area is 123 Å². The first-order valence-corrected chi connectivity index (χ1v) is 8.18. The minimum absolute atomic E-state index is 0.124. The smallest absolute Gasteiger partial charge is 0.246 e. The van der Waals surface area contributed by atoms with E-state index in [-0.39, 0.29) is 17.9 Å². The van der Waals surface area contributed by atoms with Crippen LogP contribution in [0.25, 0.3) is 0 Å². The molecule has 0 radical (unpaired) electrons. The number of aryl methyl sites for hydroxylation is 2. The van der Waals surface area contributed by atoms with E-state index in [0.29, 0.717) is 37.7 Å². The molecule has 8 nitrogen and oxygen atoms in total. The Bertz CT molecular complexity index is 632. The normalized spacial score (nSPS) is 17.0. The third-order valence-electron chi connectivity index (χ3n) is 3.45. The van der Waals surface area contributed by atoms with E-state index in [2.05, 4.69) is 5.10 Å². The highest BCUT2D eigenvalue weighted by molar-refractivity contribution is 7.89.